The molecule has 0 radical (unpaired) electrons. The number of halogens is 1. The third-order valence-corrected chi connectivity index (χ3v) is 8.70. The fourth-order valence-corrected chi connectivity index (χ4v) is 6.08. The molecule has 0 aliphatic heterocycles. The highest BCUT2D eigenvalue weighted by Crippen LogP contribution is 2.27. The van der Waals surface area contributed by atoms with Crippen molar-refractivity contribution in [2.75, 3.05) is 29.7 Å². The Morgan fingerprint density at radius 3 is 2.36 bits per heavy atom. The van der Waals surface area contributed by atoms with Crippen LogP contribution in [-0.4, -0.2) is 59.1 Å². The molecule has 45 heavy (non-hydrogen) atoms. The predicted molar refractivity (Wildman–Crippen MR) is 176 cm³/mol. The van der Waals surface area contributed by atoms with Gasteiger partial charge in [-0.3, -0.25) is 9.52 Å². The summed E-state index contributed by atoms with van der Waals surface area (Å²) in [6, 6.07) is 22.3. The fourth-order valence-electron chi connectivity index (χ4n) is 4.94. The van der Waals surface area contributed by atoms with Crippen molar-refractivity contribution in [1.29, 1.82) is 0 Å². The first kappa shape index (κ1) is 33.1. The highest BCUT2D eigenvalue weighted by atomic mass is 32.2. The van der Waals surface area contributed by atoms with Crippen molar-refractivity contribution < 1.29 is 22.7 Å². The lowest BCUT2D eigenvalue weighted by atomic mass is 10.1. The van der Waals surface area contributed by atoms with E-state index in [-0.39, 0.29) is 6.47 Å². The Morgan fingerprint density at radius 1 is 0.933 bits per heavy atom. The van der Waals surface area contributed by atoms with Crippen LogP contribution in [0, 0.1) is 5.82 Å². The smallest absolute Gasteiger partial charge is 0.290 e. The Kier molecular flexibility index (Phi) is 11.6. The first-order valence-electron chi connectivity index (χ1n) is 14.6. The van der Waals surface area contributed by atoms with Crippen molar-refractivity contribution >= 4 is 44.6 Å². The summed E-state index contributed by atoms with van der Waals surface area (Å²) < 4.78 is 43.8. The molecule has 12 heteroatoms. The van der Waals surface area contributed by atoms with Gasteiger partial charge in [0.1, 0.15) is 22.9 Å². The molecule has 2 aromatic heterocycles. The fraction of sp³-hybridized carbons (Fsp3) is 0.242. The zero-order valence-corrected chi connectivity index (χ0v) is 26.0. The first-order chi connectivity index (χ1) is 21.8. The quantitative estimate of drug-likeness (QED) is 0.0978. The number of aromatic nitrogens is 3. The number of carboxylic acid groups (broad SMARTS) is 1. The van der Waals surface area contributed by atoms with Gasteiger partial charge in [0.25, 0.3) is 16.5 Å². The molecule has 0 spiro atoms. The summed E-state index contributed by atoms with van der Waals surface area (Å²) in [4.78, 5) is 19.2. The number of nitrogens with one attached hydrogen (secondary N) is 2. The Hall–Kier alpha value is -4.81. The summed E-state index contributed by atoms with van der Waals surface area (Å²) in [6.45, 7) is 8.50. The van der Waals surface area contributed by atoms with E-state index in [2.05, 4.69) is 73.8 Å². The number of benzene rings is 3. The molecule has 0 amide bonds. The van der Waals surface area contributed by atoms with E-state index >= 15 is 0 Å². The van der Waals surface area contributed by atoms with Crippen molar-refractivity contribution in [3.63, 3.8) is 0 Å². The summed E-state index contributed by atoms with van der Waals surface area (Å²) in [5.74, 6) is -0.202. The zero-order chi connectivity index (χ0) is 32.2. The summed E-state index contributed by atoms with van der Waals surface area (Å²) in [7, 11) is -4.05. The van der Waals surface area contributed by atoms with E-state index in [0.717, 1.165) is 55.3 Å². The molecule has 0 fully saturated rings. The molecular formula is C33H37FN6O4S. The van der Waals surface area contributed by atoms with Crippen LogP contribution in [0.2, 0.25) is 0 Å². The highest BCUT2D eigenvalue weighted by Gasteiger charge is 2.18. The average Bonchev–Trinajstić information content (AvgIpc) is 3.45. The minimum Gasteiger partial charge on any atom is -0.483 e. The zero-order valence-electron chi connectivity index (χ0n) is 25.2. The minimum absolute atomic E-state index is 0.250. The lowest BCUT2D eigenvalue weighted by Gasteiger charge is -2.17. The maximum atomic E-state index is 14.0. The van der Waals surface area contributed by atoms with Crippen LogP contribution in [0.15, 0.2) is 96.3 Å². The molecule has 0 atom stereocenters. The van der Waals surface area contributed by atoms with E-state index < -0.39 is 20.7 Å². The van der Waals surface area contributed by atoms with Gasteiger partial charge in [-0.1, -0.05) is 32.0 Å². The number of carbonyl (C=O) groups is 1. The normalized spacial score (nSPS) is 11.2. The van der Waals surface area contributed by atoms with Gasteiger partial charge < -0.3 is 19.9 Å². The topological polar surface area (TPSA) is 129 Å². The maximum absolute atomic E-state index is 14.0. The van der Waals surface area contributed by atoms with Crippen molar-refractivity contribution in [3.05, 3.63) is 97.2 Å². The second-order valence-electron chi connectivity index (χ2n) is 10.1. The molecule has 0 unspecified atom stereocenters. The Morgan fingerprint density at radius 2 is 1.64 bits per heavy atom. The molecule has 5 aromatic rings. The van der Waals surface area contributed by atoms with Gasteiger partial charge in [-0.15, -0.1) is 0 Å². The molecule has 236 valence electrons. The number of fused-ring (bicyclic) bond motifs is 1. The summed E-state index contributed by atoms with van der Waals surface area (Å²) in [5, 5.41) is 11.3. The third kappa shape index (κ3) is 8.87. The minimum atomic E-state index is -4.05. The average molecular weight is 633 g/mol. The Balaban J connectivity index is 0.00000148. The molecule has 3 N–H and O–H groups in total. The molecule has 5 rings (SSSR count). The Labute approximate surface area is 262 Å². The van der Waals surface area contributed by atoms with Crippen molar-refractivity contribution in [1.82, 2.24) is 19.4 Å². The van der Waals surface area contributed by atoms with E-state index in [1.54, 1.807) is 24.3 Å². The van der Waals surface area contributed by atoms with Crippen molar-refractivity contribution in [3.8, 4) is 11.3 Å². The molecule has 0 aliphatic carbocycles. The largest absolute Gasteiger partial charge is 0.483 e. The number of unbranched alkanes of at least 4 members (excludes halogenated alkanes) is 1. The van der Waals surface area contributed by atoms with Crippen LogP contribution < -0.4 is 10.0 Å². The Bertz CT molecular complexity index is 1810. The van der Waals surface area contributed by atoms with Gasteiger partial charge in [0.05, 0.1) is 5.69 Å². The summed E-state index contributed by atoms with van der Waals surface area (Å²) in [6.07, 6.45) is 5.99. The predicted octanol–water partition coefficient (Wildman–Crippen LogP) is 6.60. The van der Waals surface area contributed by atoms with Crippen LogP contribution in [0.5, 0.6) is 0 Å². The second-order valence-corrected chi connectivity index (χ2v) is 11.8. The van der Waals surface area contributed by atoms with Gasteiger partial charge in [-0.2, -0.15) is 0 Å². The highest BCUT2D eigenvalue weighted by molar-refractivity contribution is 7.92. The third-order valence-electron chi connectivity index (χ3n) is 7.29. The number of nitrogens with zero attached hydrogens (tertiary/aromatic N) is 4. The van der Waals surface area contributed by atoms with Crippen molar-refractivity contribution in [2.45, 2.75) is 38.1 Å². The lowest BCUT2D eigenvalue weighted by molar-refractivity contribution is -0.122. The van der Waals surface area contributed by atoms with Gasteiger partial charge in [-0.05, 0) is 87.1 Å². The summed E-state index contributed by atoms with van der Waals surface area (Å²) >= 11 is 0. The number of rotatable bonds is 13. The first-order valence-corrected chi connectivity index (χ1v) is 16.1. The van der Waals surface area contributed by atoms with Gasteiger partial charge >= 0.3 is 0 Å². The maximum Gasteiger partial charge on any atom is 0.290 e. The van der Waals surface area contributed by atoms with E-state index in [1.807, 2.05) is 6.07 Å². The molecule has 10 nitrogen and oxygen atoms in total. The van der Waals surface area contributed by atoms with E-state index in [9.17, 15) is 12.8 Å². The molecule has 0 bridgehead atoms. The summed E-state index contributed by atoms with van der Waals surface area (Å²) in [5.41, 5.74) is 4.01. The van der Waals surface area contributed by atoms with Crippen LogP contribution in [0.3, 0.4) is 0 Å². The number of aryl methyl sites for hydroxylation is 1. The molecule has 3 aromatic carbocycles. The monoisotopic (exact) mass is 632 g/mol. The molecular weight excluding hydrogens is 595 g/mol. The number of sulfonamides is 1. The van der Waals surface area contributed by atoms with Gasteiger partial charge in [0, 0.05) is 46.6 Å². The molecule has 0 saturated heterocycles. The van der Waals surface area contributed by atoms with Crippen LogP contribution >= 0.6 is 0 Å². The van der Waals surface area contributed by atoms with E-state index in [4.69, 9.17) is 9.90 Å². The van der Waals surface area contributed by atoms with Crippen LogP contribution in [0.4, 0.5) is 21.6 Å². The van der Waals surface area contributed by atoms with Gasteiger partial charge in [-0.25, -0.2) is 22.8 Å². The van der Waals surface area contributed by atoms with Crippen LogP contribution in [0.25, 0.3) is 22.2 Å². The second kappa shape index (κ2) is 15.8. The molecule has 2 heterocycles. The lowest BCUT2D eigenvalue weighted by Crippen LogP contribution is -2.24. The molecule has 0 saturated carbocycles. The molecule has 0 aliphatic rings. The van der Waals surface area contributed by atoms with E-state index in [0.29, 0.717) is 17.2 Å². The van der Waals surface area contributed by atoms with Gasteiger partial charge in [0.15, 0.2) is 0 Å². The SMILES string of the molecule is CCN(CC)CCCCn1ccc2cc(-c3cc(Nc4ccc(NS(=O)(=O)c5ccccc5F)cc4)ncn3)ccc21.O=CO. The van der Waals surface area contributed by atoms with Crippen LogP contribution in [-0.2, 0) is 21.4 Å². The van der Waals surface area contributed by atoms with Crippen molar-refractivity contribution in [2.24, 2.45) is 0 Å². The standard InChI is InChI=1S/C32H35FN6O2S.CH2O2/c1-3-38(4-2)18-7-8-19-39-20-17-25-21-24(11-16-30(25)39)29-22-32(35-23-34-29)36-26-12-14-27(15-13-26)37-42(40,41)31-10-6-5-9-28(31)33;2-1-3/h5-6,9-17,20-23,37H,3-4,7-8,18-19H2,1-2H3,(H,34,35,36);1H,(H,2,3). The number of hydrogen-bond acceptors (Lipinski definition) is 7. The number of hydrogen-bond donors (Lipinski definition) is 3. The van der Waals surface area contributed by atoms with E-state index in [1.165, 1.54) is 36.5 Å². The van der Waals surface area contributed by atoms with Crippen LogP contribution in [0.1, 0.15) is 26.7 Å². The van der Waals surface area contributed by atoms with Gasteiger partial charge in [0.2, 0.25) is 0 Å². The number of anilines is 3.